The summed E-state index contributed by atoms with van der Waals surface area (Å²) < 4.78 is 18.1. The topological polar surface area (TPSA) is 48.0 Å². The van der Waals surface area contributed by atoms with E-state index in [9.17, 15) is 0 Å². The van der Waals surface area contributed by atoms with Crippen LogP contribution in [-0.4, -0.2) is 9.55 Å². The molecule has 7 rings (SSSR count). The van der Waals surface area contributed by atoms with E-state index >= 15 is 0 Å². The number of nitrogens with zero attached hydrogens (tertiary/aromatic N) is 3. The second-order valence-electron chi connectivity index (χ2n) is 13.6. The Hall–Kier alpha value is -4.38. The lowest BCUT2D eigenvalue weighted by atomic mass is 9.92. The van der Waals surface area contributed by atoms with Crippen LogP contribution in [0.2, 0.25) is 0 Å². The zero-order valence-corrected chi connectivity index (χ0v) is 26.7. The van der Waals surface area contributed by atoms with E-state index in [0.29, 0.717) is 23.3 Å². The van der Waals surface area contributed by atoms with Crippen molar-refractivity contribution in [2.45, 2.75) is 72.6 Å². The van der Waals surface area contributed by atoms with E-state index in [1.807, 2.05) is 0 Å². The van der Waals surface area contributed by atoms with Crippen LogP contribution in [0.3, 0.4) is 0 Å². The second kappa shape index (κ2) is 9.57. The van der Waals surface area contributed by atoms with Gasteiger partial charge >= 0.3 is 0 Å². The summed E-state index contributed by atoms with van der Waals surface area (Å²) in [5.74, 6) is 2.52. The van der Waals surface area contributed by atoms with Crippen molar-refractivity contribution in [2.75, 3.05) is 0 Å². The third-order valence-electron chi connectivity index (χ3n) is 8.82. The molecule has 7 aromatic rings. The number of aryl methyl sites for hydroxylation is 2. The van der Waals surface area contributed by atoms with E-state index < -0.39 is 0 Å². The normalized spacial score (nSPS) is 12.7. The Morgan fingerprint density at radius 3 is 2.07 bits per heavy atom. The number of para-hydroxylation sites is 3. The first-order chi connectivity index (χ1) is 20.5. The number of benzene rings is 4. The average molecular weight is 571 g/mol. The Morgan fingerprint density at radius 1 is 0.744 bits per heavy atom. The maximum Gasteiger partial charge on any atom is 0.299 e. The summed E-state index contributed by atoms with van der Waals surface area (Å²) in [6.45, 7) is 17.7. The van der Waals surface area contributed by atoms with Crippen LogP contribution in [0, 0.1) is 6.92 Å². The Bertz CT molecular complexity index is 2170. The van der Waals surface area contributed by atoms with Crippen molar-refractivity contribution in [3.8, 4) is 17.1 Å². The summed E-state index contributed by atoms with van der Waals surface area (Å²) in [6.07, 6.45) is 0. The molecule has 3 aromatic heterocycles. The number of oxazole rings is 1. The van der Waals surface area contributed by atoms with Gasteiger partial charge in [0.15, 0.2) is 27.8 Å². The van der Waals surface area contributed by atoms with Gasteiger partial charge in [-0.15, -0.1) is 0 Å². The molecule has 0 aliphatic rings. The van der Waals surface area contributed by atoms with E-state index in [0.717, 1.165) is 44.4 Å². The van der Waals surface area contributed by atoms with Gasteiger partial charge in [-0.25, -0.2) is 9.55 Å². The molecule has 4 aromatic carbocycles. The van der Waals surface area contributed by atoms with Crippen molar-refractivity contribution in [3.63, 3.8) is 0 Å². The quantitative estimate of drug-likeness (QED) is 0.198. The summed E-state index contributed by atoms with van der Waals surface area (Å²) in [4.78, 5) is 4.82. The van der Waals surface area contributed by atoms with Crippen molar-refractivity contribution in [1.29, 1.82) is 0 Å². The van der Waals surface area contributed by atoms with E-state index in [-0.39, 0.29) is 5.41 Å². The molecule has 0 fully saturated rings. The van der Waals surface area contributed by atoms with Crippen LogP contribution >= 0.6 is 0 Å². The van der Waals surface area contributed by atoms with Crippen molar-refractivity contribution >= 4 is 44.1 Å². The SMILES string of the molecule is Cc1ccc2c(oc3c2ccc2nc(C(C)(C)C)oc23)c1-c1n(-c2c(C(C)C)cccc2C(C)C)c2ccccc2[n+]1C. The fourth-order valence-corrected chi connectivity index (χ4v) is 6.57. The first kappa shape index (κ1) is 27.5. The lowest BCUT2D eigenvalue weighted by molar-refractivity contribution is -0.633. The van der Waals surface area contributed by atoms with Gasteiger partial charge in [0.2, 0.25) is 5.89 Å². The van der Waals surface area contributed by atoms with Crippen LogP contribution in [0.4, 0.5) is 0 Å². The minimum Gasteiger partial charge on any atom is -0.451 e. The van der Waals surface area contributed by atoms with Gasteiger partial charge in [0.1, 0.15) is 16.8 Å². The number of imidazole rings is 1. The summed E-state index contributed by atoms with van der Waals surface area (Å²) in [7, 11) is 2.17. The number of hydrogen-bond acceptors (Lipinski definition) is 3. The summed E-state index contributed by atoms with van der Waals surface area (Å²) in [5, 5.41) is 2.11. The maximum absolute atomic E-state index is 6.89. The standard InChI is InChI=1S/C38H40N3O2/c1-21(2)24-13-12-14-25(22(3)4)32(24)41-30-16-11-10-15-29(30)40(9)36(41)31-23(5)17-18-26-27-19-20-28-35(34(27)42-33(26)31)43-37(39-28)38(6,7)8/h10-22H,1-9H3/q+1. The molecule has 0 atom stereocenters. The Kier molecular flexibility index (Phi) is 6.11. The fourth-order valence-electron chi connectivity index (χ4n) is 6.57. The van der Waals surface area contributed by atoms with Gasteiger partial charge in [0.05, 0.1) is 7.05 Å². The molecule has 0 saturated carbocycles. The smallest absolute Gasteiger partial charge is 0.299 e. The Balaban J connectivity index is 1.64. The molecule has 0 spiro atoms. The molecule has 0 bridgehead atoms. The highest BCUT2D eigenvalue weighted by molar-refractivity contribution is 6.15. The van der Waals surface area contributed by atoms with E-state index in [1.165, 1.54) is 27.8 Å². The predicted molar refractivity (Wildman–Crippen MR) is 176 cm³/mol. The molecule has 0 unspecified atom stereocenters. The second-order valence-corrected chi connectivity index (χ2v) is 13.6. The molecular weight excluding hydrogens is 530 g/mol. The molecule has 0 N–H and O–H groups in total. The zero-order chi connectivity index (χ0) is 30.4. The fraction of sp³-hybridized carbons (Fsp3) is 0.316. The average Bonchev–Trinajstić information content (AvgIpc) is 3.65. The highest BCUT2D eigenvalue weighted by atomic mass is 16.4. The van der Waals surface area contributed by atoms with E-state index in [4.69, 9.17) is 13.8 Å². The highest BCUT2D eigenvalue weighted by Gasteiger charge is 2.34. The zero-order valence-electron chi connectivity index (χ0n) is 26.7. The molecule has 0 radical (unpaired) electrons. The molecule has 218 valence electrons. The van der Waals surface area contributed by atoms with Crippen molar-refractivity contribution < 1.29 is 13.4 Å². The van der Waals surface area contributed by atoms with Gasteiger partial charge in [0, 0.05) is 27.3 Å². The van der Waals surface area contributed by atoms with E-state index in [1.54, 1.807) is 0 Å². The third kappa shape index (κ3) is 4.05. The number of hydrogen-bond donors (Lipinski definition) is 0. The van der Waals surface area contributed by atoms with Crippen LogP contribution in [0.1, 0.15) is 82.9 Å². The van der Waals surface area contributed by atoms with Gasteiger partial charge in [-0.3, -0.25) is 0 Å². The largest absolute Gasteiger partial charge is 0.451 e. The van der Waals surface area contributed by atoms with Gasteiger partial charge < -0.3 is 8.83 Å². The lowest BCUT2D eigenvalue weighted by Crippen LogP contribution is -2.30. The molecule has 5 heteroatoms. The first-order valence-corrected chi connectivity index (χ1v) is 15.4. The molecular formula is C38H40N3O2+. The van der Waals surface area contributed by atoms with Crippen LogP contribution in [0.15, 0.2) is 75.6 Å². The molecule has 5 nitrogen and oxygen atoms in total. The highest BCUT2D eigenvalue weighted by Crippen LogP contribution is 2.43. The molecule has 3 heterocycles. The minimum atomic E-state index is -0.203. The van der Waals surface area contributed by atoms with Crippen LogP contribution in [-0.2, 0) is 12.5 Å². The van der Waals surface area contributed by atoms with Gasteiger partial charge in [0.25, 0.3) is 5.82 Å². The van der Waals surface area contributed by atoms with Crippen molar-refractivity contribution in [3.05, 3.63) is 89.3 Å². The van der Waals surface area contributed by atoms with Crippen LogP contribution in [0.5, 0.6) is 0 Å². The molecule has 43 heavy (non-hydrogen) atoms. The maximum atomic E-state index is 6.89. The predicted octanol–water partition coefficient (Wildman–Crippen LogP) is 10.0. The number of furan rings is 1. The van der Waals surface area contributed by atoms with Crippen LogP contribution < -0.4 is 4.57 Å². The Morgan fingerprint density at radius 2 is 1.40 bits per heavy atom. The summed E-state index contributed by atoms with van der Waals surface area (Å²) in [6, 6.07) is 24.1. The van der Waals surface area contributed by atoms with Gasteiger partial charge in [-0.2, -0.15) is 4.57 Å². The third-order valence-corrected chi connectivity index (χ3v) is 8.82. The molecule has 0 aliphatic heterocycles. The van der Waals surface area contributed by atoms with Crippen molar-refractivity contribution in [2.24, 2.45) is 7.05 Å². The van der Waals surface area contributed by atoms with Gasteiger partial charge in [-0.1, -0.05) is 90.9 Å². The molecule has 0 amide bonds. The number of rotatable bonds is 4. The van der Waals surface area contributed by atoms with Crippen LogP contribution in [0.25, 0.3) is 61.1 Å². The number of aromatic nitrogens is 3. The number of fused-ring (bicyclic) bond motifs is 6. The Labute approximate surface area is 252 Å². The van der Waals surface area contributed by atoms with E-state index in [2.05, 4.69) is 138 Å². The van der Waals surface area contributed by atoms with Gasteiger partial charge in [-0.05, 0) is 48.6 Å². The van der Waals surface area contributed by atoms with Crippen molar-refractivity contribution in [1.82, 2.24) is 9.55 Å². The summed E-state index contributed by atoms with van der Waals surface area (Å²) in [5.41, 5.74) is 11.5. The molecule has 0 aliphatic carbocycles. The minimum absolute atomic E-state index is 0.203. The first-order valence-electron chi connectivity index (χ1n) is 15.4. The lowest BCUT2D eigenvalue weighted by Gasteiger charge is -2.18. The monoisotopic (exact) mass is 570 g/mol. The summed E-state index contributed by atoms with van der Waals surface area (Å²) >= 11 is 0. The molecule has 0 saturated heterocycles.